The topological polar surface area (TPSA) is 78.1 Å². The summed E-state index contributed by atoms with van der Waals surface area (Å²) < 4.78 is 21.8. The number of halogens is 1. The first-order valence-electron chi connectivity index (χ1n) is 9.81. The van der Waals surface area contributed by atoms with Gasteiger partial charge in [-0.15, -0.1) is 0 Å². The maximum atomic E-state index is 13.2. The van der Waals surface area contributed by atoms with Crippen LogP contribution in [0.2, 0.25) is 0 Å². The van der Waals surface area contributed by atoms with E-state index in [9.17, 15) is 14.0 Å². The van der Waals surface area contributed by atoms with E-state index in [0.29, 0.717) is 23.7 Å². The fraction of sp³-hybridized carbons (Fsp3) is 0.174. The third-order valence-electron chi connectivity index (χ3n) is 4.77. The van der Waals surface area contributed by atoms with Crippen LogP contribution in [0.25, 0.3) is 16.6 Å². The lowest BCUT2D eigenvalue weighted by Gasteiger charge is -2.10. The van der Waals surface area contributed by atoms with Crippen molar-refractivity contribution in [2.45, 2.75) is 19.9 Å². The standard InChI is InChI=1S/C23H21FN4O3/c1-16-14-21(28(26-16)19-8-6-18(24)7-9-19)25-22(29)15-31-23(30)11-13-27-12-10-17-4-2-3-5-20(17)27/h2-10,12,14H,11,13,15H2,1H3,(H,25,29). The van der Waals surface area contributed by atoms with Crippen LogP contribution in [0.5, 0.6) is 0 Å². The quantitative estimate of drug-likeness (QED) is 0.461. The Kier molecular flexibility index (Phi) is 5.79. The van der Waals surface area contributed by atoms with Crippen molar-refractivity contribution >= 4 is 28.6 Å². The molecule has 0 atom stereocenters. The van der Waals surface area contributed by atoms with Gasteiger partial charge >= 0.3 is 5.97 Å². The van der Waals surface area contributed by atoms with Crippen molar-refractivity contribution < 1.29 is 18.7 Å². The molecule has 0 saturated carbocycles. The van der Waals surface area contributed by atoms with Gasteiger partial charge in [0.1, 0.15) is 11.6 Å². The Bertz CT molecular complexity index is 1230. The van der Waals surface area contributed by atoms with Crippen LogP contribution in [-0.2, 0) is 20.9 Å². The van der Waals surface area contributed by atoms with Crippen molar-refractivity contribution in [2.75, 3.05) is 11.9 Å². The monoisotopic (exact) mass is 420 g/mol. The molecule has 0 saturated heterocycles. The second kappa shape index (κ2) is 8.83. The van der Waals surface area contributed by atoms with E-state index in [1.54, 1.807) is 25.1 Å². The highest BCUT2D eigenvalue weighted by molar-refractivity contribution is 5.92. The molecular formula is C23H21FN4O3. The lowest BCUT2D eigenvalue weighted by molar-refractivity contribution is -0.147. The Balaban J connectivity index is 1.31. The molecule has 2 aromatic carbocycles. The third kappa shape index (κ3) is 4.80. The van der Waals surface area contributed by atoms with Crippen LogP contribution < -0.4 is 5.32 Å². The molecule has 4 aromatic rings. The van der Waals surface area contributed by atoms with Crippen LogP contribution in [0.4, 0.5) is 10.2 Å². The highest BCUT2D eigenvalue weighted by Gasteiger charge is 2.13. The number of anilines is 1. The molecule has 2 heterocycles. The zero-order valence-electron chi connectivity index (χ0n) is 16.9. The molecule has 0 aliphatic rings. The molecule has 158 valence electrons. The van der Waals surface area contributed by atoms with E-state index in [1.165, 1.54) is 16.8 Å². The highest BCUT2D eigenvalue weighted by atomic mass is 19.1. The van der Waals surface area contributed by atoms with Gasteiger partial charge in [0.2, 0.25) is 0 Å². The van der Waals surface area contributed by atoms with Gasteiger partial charge in [0.05, 0.1) is 17.8 Å². The van der Waals surface area contributed by atoms with Crippen LogP contribution in [0.1, 0.15) is 12.1 Å². The fourth-order valence-corrected chi connectivity index (χ4v) is 3.31. The average Bonchev–Trinajstić information content (AvgIpc) is 3.34. The Morgan fingerprint density at radius 1 is 1.10 bits per heavy atom. The maximum Gasteiger partial charge on any atom is 0.308 e. The number of aromatic nitrogens is 3. The summed E-state index contributed by atoms with van der Waals surface area (Å²) in [6, 6.07) is 17.3. The molecule has 0 aliphatic carbocycles. The summed E-state index contributed by atoms with van der Waals surface area (Å²) in [6.07, 6.45) is 2.07. The van der Waals surface area contributed by atoms with Gasteiger partial charge in [0.15, 0.2) is 6.61 Å². The van der Waals surface area contributed by atoms with Crippen molar-refractivity contribution in [3.05, 3.63) is 78.4 Å². The first kappa shape index (κ1) is 20.3. The predicted octanol–water partition coefficient (Wildman–Crippen LogP) is 3.85. The number of hydrogen-bond acceptors (Lipinski definition) is 4. The van der Waals surface area contributed by atoms with Gasteiger partial charge in [-0.3, -0.25) is 9.59 Å². The minimum absolute atomic E-state index is 0.151. The smallest absolute Gasteiger partial charge is 0.308 e. The molecule has 1 amide bonds. The molecule has 0 unspecified atom stereocenters. The van der Waals surface area contributed by atoms with Crippen molar-refractivity contribution in [1.29, 1.82) is 0 Å². The highest BCUT2D eigenvalue weighted by Crippen LogP contribution is 2.18. The number of nitrogens with one attached hydrogen (secondary N) is 1. The fourth-order valence-electron chi connectivity index (χ4n) is 3.31. The van der Waals surface area contributed by atoms with Crippen LogP contribution in [0, 0.1) is 12.7 Å². The first-order valence-corrected chi connectivity index (χ1v) is 9.81. The van der Waals surface area contributed by atoms with Crippen molar-refractivity contribution in [3.8, 4) is 5.69 Å². The number of benzene rings is 2. The van der Waals surface area contributed by atoms with Crippen LogP contribution >= 0.6 is 0 Å². The number of nitrogens with zero attached hydrogens (tertiary/aromatic N) is 3. The zero-order valence-corrected chi connectivity index (χ0v) is 16.9. The van der Waals surface area contributed by atoms with Gasteiger partial charge in [-0.05, 0) is 48.7 Å². The number of amides is 1. The van der Waals surface area contributed by atoms with Gasteiger partial charge in [-0.1, -0.05) is 18.2 Å². The summed E-state index contributed by atoms with van der Waals surface area (Å²) in [4.78, 5) is 24.4. The van der Waals surface area contributed by atoms with E-state index in [0.717, 1.165) is 10.9 Å². The summed E-state index contributed by atoms with van der Waals surface area (Å²) in [5.74, 6) is -0.902. The minimum atomic E-state index is -0.483. The lowest BCUT2D eigenvalue weighted by Crippen LogP contribution is -2.22. The van der Waals surface area contributed by atoms with E-state index in [1.807, 2.05) is 41.1 Å². The van der Waals surface area contributed by atoms with Crippen molar-refractivity contribution in [1.82, 2.24) is 14.3 Å². The SMILES string of the molecule is Cc1cc(NC(=O)COC(=O)CCn2ccc3ccccc32)n(-c2ccc(F)cc2)n1. The second-order valence-corrected chi connectivity index (χ2v) is 7.09. The number of hydrogen-bond donors (Lipinski definition) is 1. The molecule has 31 heavy (non-hydrogen) atoms. The molecule has 0 bridgehead atoms. The van der Waals surface area contributed by atoms with Gasteiger partial charge in [-0.2, -0.15) is 5.10 Å². The number of fused-ring (bicyclic) bond motifs is 1. The number of aryl methyl sites for hydroxylation is 2. The maximum absolute atomic E-state index is 13.2. The summed E-state index contributed by atoms with van der Waals surface area (Å²) in [5, 5.41) is 8.09. The average molecular weight is 420 g/mol. The van der Waals surface area contributed by atoms with E-state index >= 15 is 0 Å². The summed E-state index contributed by atoms with van der Waals surface area (Å²) in [5.41, 5.74) is 2.31. The number of carbonyl (C=O) groups excluding carboxylic acids is 2. The van der Waals surface area contributed by atoms with Crippen LogP contribution in [-0.4, -0.2) is 32.8 Å². The molecule has 7 nitrogen and oxygen atoms in total. The number of ether oxygens (including phenoxy) is 1. The van der Waals surface area contributed by atoms with E-state index in [-0.39, 0.29) is 12.2 Å². The Labute approximate surface area is 178 Å². The van der Waals surface area contributed by atoms with Crippen molar-refractivity contribution in [3.63, 3.8) is 0 Å². The van der Waals surface area contributed by atoms with Crippen molar-refractivity contribution in [2.24, 2.45) is 0 Å². The first-order chi connectivity index (χ1) is 15.0. The lowest BCUT2D eigenvalue weighted by atomic mass is 10.2. The largest absolute Gasteiger partial charge is 0.456 e. The van der Waals surface area contributed by atoms with Gasteiger partial charge in [0.25, 0.3) is 5.91 Å². The summed E-state index contributed by atoms with van der Waals surface area (Å²) >= 11 is 0. The predicted molar refractivity (Wildman–Crippen MR) is 114 cm³/mol. The molecule has 8 heteroatoms. The zero-order chi connectivity index (χ0) is 21.8. The molecule has 4 rings (SSSR count). The molecule has 0 spiro atoms. The Morgan fingerprint density at radius 2 is 1.87 bits per heavy atom. The molecule has 0 fully saturated rings. The van der Waals surface area contributed by atoms with Gasteiger partial charge in [-0.25, -0.2) is 9.07 Å². The minimum Gasteiger partial charge on any atom is -0.456 e. The number of para-hydroxylation sites is 1. The van der Waals surface area contributed by atoms with Gasteiger partial charge in [0, 0.05) is 24.3 Å². The number of esters is 1. The number of rotatable bonds is 7. The molecule has 1 N–H and O–H groups in total. The normalized spacial score (nSPS) is 10.9. The second-order valence-electron chi connectivity index (χ2n) is 7.09. The van der Waals surface area contributed by atoms with E-state index in [2.05, 4.69) is 10.4 Å². The van der Waals surface area contributed by atoms with Crippen LogP contribution in [0.15, 0.2) is 66.9 Å². The summed E-state index contributed by atoms with van der Waals surface area (Å²) in [7, 11) is 0. The van der Waals surface area contributed by atoms with Gasteiger partial charge < -0.3 is 14.6 Å². The molecule has 0 aliphatic heterocycles. The Hall–Kier alpha value is -3.94. The molecular weight excluding hydrogens is 399 g/mol. The Morgan fingerprint density at radius 3 is 2.68 bits per heavy atom. The molecule has 2 aromatic heterocycles. The summed E-state index contributed by atoms with van der Waals surface area (Å²) in [6.45, 7) is 1.84. The molecule has 0 radical (unpaired) electrons. The van der Waals surface area contributed by atoms with E-state index in [4.69, 9.17) is 4.74 Å². The van der Waals surface area contributed by atoms with E-state index < -0.39 is 18.5 Å². The van der Waals surface area contributed by atoms with Crippen LogP contribution in [0.3, 0.4) is 0 Å². The third-order valence-corrected chi connectivity index (χ3v) is 4.77. The number of carbonyl (C=O) groups is 2.